The van der Waals surface area contributed by atoms with Gasteiger partial charge in [-0.05, 0) is 49.4 Å². The van der Waals surface area contributed by atoms with Gasteiger partial charge in [0.1, 0.15) is 5.82 Å². The van der Waals surface area contributed by atoms with Crippen molar-refractivity contribution in [3.63, 3.8) is 0 Å². The first kappa shape index (κ1) is 13.8. The Labute approximate surface area is 114 Å². The fraction of sp³-hybridized carbons (Fsp3) is 0.600. The molecule has 0 spiro atoms. The van der Waals surface area contributed by atoms with E-state index in [1.54, 1.807) is 12.1 Å². The molecule has 2 rings (SSSR count). The van der Waals surface area contributed by atoms with Gasteiger partial charge in [-0.25, -0.2) is 4.39 Å². The quantitative estimate of drug-likeness (QED) is 0.816. The van der Waals surface area contributed by atoms with Gasteiger partial charge in [0.05, 0.1) is 5.02 Å². The van der Waals surface area contributed by atoms with Crippen LogP contribution in [0.3, 0.4) is 0 Å². The van der Waals surface area contributed by atoms with Crippen LogP contribution >= 0.6 is 11.6 Å². The fourth-order valence-electron chi connectivity index (χ4n) is 2.85. The molecule has 1 N–H and O–H groups in total. The molecule has 1 aliphatic carbocycles. The van der Waals surface area contributed by atoms with Gasteiger partial charge >= 0.3 is 0 Å². The van der Waals surface area contributed by atoms with E-state index < -0.39 is 0 Å². The Hall–Kier alpha value is -0.600. The molecule has 0 amide bonds. The third kappa shape index (κ3) is 3.24. The monoisotopic (exact) mass is 269 g/mol. The Morgan fingerprint density at radius 1 is 1.39 bits per heavy atom. The van der Waals surface area contributed by atoms with Crippen molar-refractivity contribution in [2.24, 2.45) is 5.92 Å². The topological polar surface area (TPSA) is 12.0 Å². The van der Waals surface area contributed by atoms with Crippen molar-refractivity contribution in [2.45, 2.75) is 45.1 Å². The molecule has 1 nitrogen and oxygen atoms in total. The molecule has 1 atom stereocenters. The number of benzene rings is 1. The summed E-state index contributed by atoms with van der Waals surface area (Å²) in [6.45, 7) is 3.13. The molecule has 1 aromatic rings. The van der Waals surface area contributed by atoms with Gasteiger partial charge < -0.3 is 5.32 Å². The third-order valence-electron chi connectivity index (χ3n) is 3.79. The smallest absolute Gasteiger partial charge is 0.142 e. The summed E-state index contributed by atoms with van der Waals surface area (Å²) in [6.07, 6.45) is 6.17. The summed E-state index contributed by atoms with van der Waals surface area (Å²) >= 11 is 5.75. The van der Waals surface area contributed by atoms with Crippen LogP contribution in [-0.2, 0) is 0 Å². The summed E-state index contributed by atoms with van der Waals surface area (Å²) in [5, 5.41) is 3.77. The third-order valence-corrected chi connectivity index (χ3v) is 4.09. The molecule has 1 aliphatic rings. The second kappa shape index (κ2) is 6.53. The largest absolute Gasteiger partial charge is 0.310 e. The zero-order chi connectivity index (χ0) is 13.0. The van der Waals surface area contributed by atoms with E-state index in [2.05, 4.69) is 12.2 Å². The first-order valence-corrected chi connectivity index (χ1v) is 7.28. The molecule has 3 heteroatoms. The van der Waals surface area contributed by atoms with Crippen molar-refractivity contribution < 1.29 is 4.39 Å². The highest BCUT2D eigenvalue weighted by Crippen LogP contribution is 2.36. The van der Waals surface area contributed by atoms with E-state index in [0.29, 0.717) is 5.92 Å². The summed E-state index contributed by atoms with van der Waals surface area (Å²) in [5.41, 5.74) is 1.04. The lowest BCUT2D eigenvalue weighted by molar-refractivity contribution is 0.367. The predicted molar refractivity (Wildman–Crippen MR) is 74.4 cm³/mol. The molecule has 0 aromatic heterocycles. The minimum atomic E-state index is -0.310. The minimum absolute atomic E-state index is 0.208. The molecule has 0 heterocycles. The zero-order valence-corrected chi connectivity index (χ0v) is 11.6. The van der Waals surface area contributed by atoms with Crippen LogP contribution in [0.4, 0.5) is 4.39 Å². The molecule has 0 bridgehead atoms. The van der Waals surface area contributed by atoms with Crippen molar-refractivity contribution in [3.8, 4) is 0 Å². The van der Waals surface area contributed by atoms with Gasteiger partial charge in [-0.2, -0.15) is 0 Å². The lowest BCUT2D eigenvalue weighted by atomic mass is 9.91. The van der Waals surface area contributed by atoms with Gasteiger partial charge in [-0.15, -0.1) is 0 Å². The fourth-order valence-corrected chi connectivity index (χ4v) is 2.97. The van der Waals surface area contributed by atoms with Crippen molar-refractivity contribution in [1.29, 1.82) is 0 Å². The molecular formula is C15H21ClFN. The van der Waals surface area contributed by atoms with Gasteiger partial charge in [0.25, 0.3) is 0 Å². The van der Waals surface area contributed by atoms with Crippen molar-refractivity contribution in [1.82, 2.24) is 5.32 Å². The maximum absolute atomic E-state index is 13.6. The van der Waals surface area contributed by atoms with E-state index in [0.717, 1.165) is 18.5 Å². The van der Waals surface area contributed by atoms with Crippen LogP contribution in [0.15, 0.2) is 18.2 Å². The summed E-state index contributed by atoms with van der Waals surface area (Å²) in [5.74, 6) is 0.326. The lowest BCUT2D eigenvalue weighted by Crippen LogP contribution is -2.27. The number of halogens is 2. The summed E-state index contributed by atoms with van der Waals surface area (Å²) in [7, 11) is 0. The molecule has 1 fully saturated rings. The maximum atomic E-state index is 13.6. The Morgan fingerprint density at radius 3 is 2.72 bits per heavy atom. The lowest BCUT2D eigenvalue weighted by Gasteiger charge is -2.25. The normalized spacial score (nSPS) is 18.2. The molecular weight excluding hydrogens is 249 g/mol. The van der Waals surface area contributed by atoms with Crippen LogP contribution in [0, 0.1) is 11.7 Å². The second-order valence-corrected chi connectivity index (χ2v) is 5.56. The van der Waals surface area contributed by atoms with E-state index >= 15 is 0 Å². The highest BCUT2D eigenvalue weighted by atomic mass is 35.5. The van der Waals surface area contributed by atoms with Gasteiger partial charge in [-0.1, -0.05) is 37.4 Å². The minimum Gasteiger partial charge on any atom is -0.310 e. The van der Waals surface area contributed by atoms with E-state index in [-0.39, 0.29) is 16.9 Å². The Kier molecular flexibility index (Phi) is 5.02. The van der Waals surface area contributed by atoms with E-state index in [1.807, 2.05) is 6.07 Å². The van der Waals surface area contributed by atoms with Crippen molar-refractivity contribution in [2.75, 3.05) is 6.54 Å². The molecule has 18 heavy (non-hydrogen) atoms. The van der Waals surface area contributed by atoms with E-state index in [9.17, 15) is 4.39 Å². The van der Waals surface area contributed by atoms with Crippen LogP contribution in [0.25, 0.3) is 0 Å². The van der Waals surface area contributed by atoms with E-state index in [4.69, 9.17) is 11.6 Å². The van der Waals surface area contributed by atoms with Gasteiger partial charge in [0.15, 0.2) is 0 Å². The van der Waals surface area contributed by atoms with E-state index in [1.165, 1.54) is 25.7 Å². The Balaban J connectivity index is 2.17. The average Bonchev–Trinajstić information content (AvgIpc) is 2.88. The number of rotatable bonds is 5. The van der Waals surface area contributed by atoms with Crippen LogP contribution in [0.5, 0.6) is 0 Å². The predicted octanol–water partition coefficient (Wildman–Crippen LogP) is 4.71. The van der Waals surface area contributed by atoms with Gasteiger partial charge in [0, 0.05) is 6.04 Å². The first-order chi connectivity index (χ1) is 8.72. The zero-order valence-electron chi connectivity index (χ0n) is 10.9. The van der Waals surface area contributed by atoms with Gasteiger partial charge in [0.2, 0.25) is 0 Å². The molecule has 1 unspecified atom stereocenters. The second-order valence-electron chi connectivity index (χ2n) is 5.15. The molecule has 1 aromatic carbocycles. The van der Waals surface area contributed by atoms with Crippen LogP contribution in [0.1, 0.15) is 50.6 Å². The standard InChI is InChI=1S/C15H21ClFN/c1-2-9-18-15(11-5-3-4-6-11)12-7-8-13(16)14(17)10-12/h7-8,10-11,15,18H,2-6,9H2,1H3. The summed E-state index contributed by atoms with van der Waals surface area (Å²) in [4.78, 5) is 0. The Morgan fingerprint density at radius 2 is 2.11 bits per heavy atom. The summed E-state index contributed by atoms with van der Waals surface area (Å²) < 4.78 is 13.6. The number of hydrogen-bond donors (Lipinski definition) is 1. The number of nitrogens with one attached hydrogen (secondary N) is 1. The first-order valence-electron chi connectivity index (χ1n) is 6.90. The maximum Gasteiger partial charge on any atom is 0.142 e. The highest BCUT2D eigenvalue weighted by Gasteiger charge is 2.26. The van der Waals surface area contributed by atoms with Crippen molar-refractivity contribution >= 4 is 11.6 Å². The molecule has 0 aliphatic heterocycles. The molecule has 1 saturated carbocycles. The van der Waals surface area contributed by atoms with Crippen LogP contribution in [0.2, 0.25) is 5.02 Å². The van der Waals surface area contributed by atoms with Crippen molar-refractivity contribution in [3.05, 3.63) is 34.6 Å². The summed E-state index contributed by atoms with van der Waals surface area (Å²) in [6, 6.07) is 5.49. The van der Waals surface area contributed by atoms with Gasteiger partial charge in [-0.3, -0.25) is 0 Å². The highest BCUT2D eigenvalue weighted by molar-refractivity contribution is 6.30. The van der Waals surface area contributed by atoms with Crippen LogP contribution in [-0.4, -0.2) is 6.54 Å². The molecule has 100 valence electrons. The molecule has 0 radical (unpaired) electrons. The Bertz CT molecular complexity index is 388. The average molecular weight is 270 g/mol. The SMILES string of the molecule is CCCNC(c1ccc(Cl)c(F)c1)C1CCCC1. The van der Waals surface area contributed by atoms with Crippen LogP contribution < -0.4 is 5.32 Å². The molecule has 0 saturated heterocycles. The number of hydrogen-bond acceptors (Lipinski definition) is 1.